The Morgan fingerprint density at radius 3 is 1.21 bits per heavy atom. The maximum atomic E-state index is 15.3. The van der Waals surface area contributed by atoms with Crippen LogP contribution in [0.15, 0.2) is 114 Å². The van der Waals surface area contributed by atoms with Crippen LogP contribution in [0.1, 0.15) is 93.5 Å². The van der Waals surface area contributed by atoms with Crippen molar-refractivity contribution in [2.24, 2.45) is 50.1 Å². The fourth-order valence-corrected chi connectivity index (χ4v) is 11.5. The number of carbonyl (C=O) groups is 9. The molecule has 538 valence electrons. The molecule has 8 amide bonds. The van der Waals surface area contributed by atoms with E-state index in [4.69, 9.17) is 40.1 Å². The predicted molar refractivity (Wildman–Crippen MR) is 377 cm³/mol. The van der Waals surface area contributed by atoms with E-state index in [-0.39, 0.29) is 102 Å². The molecule has 0 aliphatic rings. The summed E-state index contributed by atoms with van der Waals surface area (Å²) in [6.07, 6.45) is 7.54. The number of rotatable bonds is 42. The van der Waals surface area contributed by atoms with Gasteiger partial charge in [0.25, 0.3) is 0 Å². The van der Waals surface area contributed by atoms with Crippen molar-refractivity contribution in [1.29, 1.82) is 0 Å². The molecule has 7 rings (SSSR count). The standard InChI is InChI=1S/C67H94N22O11/c1-37(90)56(89-59(93)50(22-9-11-25-69)83-61(95)53(29-39-33-79-47-19-6-3-15-43(39)47)87-63(97)55(31-41-35-75-36-81-41)85-57(91)45(70)17-12-26-76-66(71)72)64(98)88-54(30-40-34-80-48-20-7-4-16-44(40)48)62(96)86-52(28-38-32-78-46-18-5-2-14-42(38)46)60(94)82-49(21-8-10-24-68)58(92)84-51(65(99)100)23-13-27-77-67(73)74/h2-7,14-16,18-20,32-37,45,49-56,78-80,90H,8-13,17,21-31,68-70H2,1H3,(H,75,81)(H,82,94)(H,83,95)(H,84,92)(H,85,91)(H,86,96)(H,87,97)(H,88,98)(H,89,93)(H,99,100)(H4,71,72,76)(H4,73,74,77)/t37-,45+,49+,50+,51+,52+,53+,54+,55+,56+/m1/s1. The fraction of sp³-hybridized carbons (Fsp3) is 0.433. The molecule has 0 aliphatic carbocycles. The molecule has 33 heteroatoms. The van der Waals surface area contributed by atoms with Gasteiger partial charge in [0.1, 0.15) is 48.3 Å². The van der Waals surface area contributed by atoms with Gasteiger partial charge in [-0.3, -0.25) is 48.3 Å². The number of H-pyrrole nitrogens is 4. The summed E-state index contributed by atoms with van der Waals surface area (Å²) in [5.74, 6) is -8.58. The van der Waals surface area contributed by atoms with Gasteiger partial charge in [-0.2, -0.15) is 0 Å². The summed E-state index contributed by atoms with van der Waals surface area (Å²) in [5, 5.41) is 45.4. The number of hydrogen-bond acceptors (Lipinski definition) is 16. The number of aliphatic carboxylic acids is 1. The average molecular weight is 1380 g/mol. The minimum absolute atomic E-state index is 0.0184. The summed E-state index contributed by atoms with van der Waals surface area (Å²) in [7, 11) is 0. The summed E-state index contributed by atoms with van der Waals surface area (Å²) in [6.45, 7) is 1.97. The molecule has 0 saturated carbocycles. The number of aliphatic hydroxyl groups excluding tert-OH is 1. The first kappa shape index (κ1) is 76.5. The molecule has 10 atom stereocenters. The maximum Gasteiger partial charge on any atom is 0.326 e. The van der Waals surface area contributed by atoms with Gasteiger partial charge in [0.05, 0.1) is 18.5 Å². The van der Waals surface area contributed by atoms with Gasteiger partial charge in [-0.1, -0.05) is 54.6 Å². The number of fused-ring (bicyclic) bond motifs is 3. The molecular formula is C67H94N22O11. The first-order valence-electron chi connectivity index (χ1n) is 33.3. The number of imidazole rings is 1. The first-order chi connectivity index (χ1) is 48.0. The maximum absolute atomic E-state index is 15.3. The van der Waals surface area contributed by atoms with Gasteiger partial charge in [-0.05, 0) is 119 Å². The second-order valence-electron chi connectivity index (χ2n) is 24.5. The van der Waals surface area contributed by atoms with E-state index in [1.807, 2.05) is 36.4 Å². The minimum atomic E-state index is -1.81. The number of para-hydroxylation sites is 3. The van der Waals surface area contributed by atoms with Crippen molar-refractivity contribution >= 4 is 97.9 Å². The lowest BCUT2D eigenvalue weighted by Gasteiger charge is -2.29. The molecule has 0 fully saturated rings. The molecule has 0 aliphatic heterocycles. The number of guanidine groups is 2. The third-order valence-electron chi connectivity index (χ3n) is 16.9. The second-order valence-corrected chi connectivity index (χ2v) is 24.5. The molecule has 0 unspecified atom stereocenters. The van der Waals surface area contributed by atoms with Crippen LogP contribution in [-0.2, 0) is 68.8 Å². The highest BCUT2D eigenvalue weighted by Gasteiger charge is 2.37. The Morgan fingerprint density at radius 1 is 0.450 bits per heavy atom. The number of nitrogens with one attached hydrogen (secondary N) is 12. The molecule has 0 bridgehead atoms. The number of hydrogen-bond donors (Lipinski definition) is 21. The number of benzene rings is 3. The van der Waals surface area contributed by atoms with Crippen LogP contribution < -0.4 is 82.7 Å². The predicted octanol–water partition coefficient (Wildman–Crippen LogP) is -1.84. The van der Waals surface area contributed by atoms with Gasteiger partial charge in [0.2, 0.25) is 47.3 Å². The third kappa shape index (κ3) is 22.9. The zero-order chi connectivity index (χ0) is 72.3. The molecule has 0 radical (unpaired) electrons. The highest BCUT2D eigenvalue weighted by atomic mass is 16.4. The summed E-state index contributed by atoms with van der Waals surface area (Å²) in [5.41, 5.74) is 44.1. The smallest absolute Gasteiger partial charge is 0.326 e. The van der Waals surface area contributed by atoms with Crippen molar-refractivity contribution in [1.82, 2.24) is 67.5 Å². The van der Waals surface area contributed by atoms with E-state index >= 15 is 4.79 Å². The van der Waals surface area contributed by atoms with Crippen molar-refractivity contribution < 1.29 is 53.4 Å². The van der Waals surface area contributed by atoms with E-state index in [2.05, 4.69) is 77.4 Å². The lowest BCUT2D eigenvalue weighted by atomic mass is 10.00. The molecule has 100 heavy (non-hydrogen) atoms. The normalized spacial score (nSPS) is 14.3. The van der Waals surface area contributed by atoms with Crippen LogP contribution in [0.3, 0.4) is 0 Å². The van der Waals surface area contributed by atoms with E-state index in [1.54, 1.807) is 55.0 Å². The number of amides is 8. The summed E-state index contributed by atoms with van der Waals surface area (Å²) < 4.78 is 0. The number of carboxylic acids is 1. The SMILES string of the molecule is C[C@@H](O)[C@H](NC(=O)[C@H](CCCCN)NC(=O)[C@H](Cc1c[nH]c2ccccc12)NC(=O)[C@H](Cc1cnc[nH]1)NC(=O)[C@@H](N)CCCN=C(N)N)C(=O)N[C@@H](Cc1c[nH]c2ccccc12)C(=O)N[C@@H](Cc1c[nH]c2ccccc12)C(=O)N[C@@H](CCCCN)C(=O)N[C@@H](CCCN=C(N)N)C(=O)O. The number of aliphatic hydroxyl groups is 1. The molecule has 7 aromatic rings. The lowest BCUT2D eigenvalue weighted by Crippen LogP contribution is -2.62. The fourth-order valence-electron chi connectivity index (χ4n) is 11.5. The highest BCUT2D eigenvalue weighted by molar-refractivity contribution is 5.99. The first-order valence-corrected chi connectivity index (χ1v) is 33.3. The van der Waals surface area contributed by atoms with Gasteiger partial charge >= 0.3 is 5.97 Å². The molecule has 0 saturated heterocycles. The molecular weight excluding hydrogens is 1290 g/mol. The van der Waals surface area contributed by atoms with Crippen LogP contribution in [0.5, 0.6) is 0 Å². The Bertz CT molecular complexity index is 3930. The van der Waals surface area contributed by atoms with Gasteiger partial charge in [-0.25, -0.2) is 9.78 Å². The Hall–Kier alpha value is -10.9. The summed E-state index contributed by atoms with van der Waals surface area (Å²) >= 11 is 0. The van der Waals surface area contributed by atoms with Crippen molar-refractivity contribution in [2.75, 3.05) is 26.2 Å². The third-order valence-corrected chi connectivity index (χ3v) is 16.9. The number of carbonyl (C=O) groups excluding carboxylic acids is 8. The monoisotopic (exact) mass is 1380 g/mol. The highest BCUT2D eigenvalue weighted by Crippen LogP contribution is 2.23. The number of aromatic nitrogens is 5. The number of carboxylic acid groups (broad SMARTS) is 1. The number of aliphatic imine (C=N–C) groups is 2. The van der Waals surface area contributed by atoms with Crippen molar-refractivity contribution in [2.45, 2.75) is 157 Å². The van der Waals surface area contributed by atoms with E-state index in [0.29, 0.717) is 69.9 Å². The van der Waals surface area contributed by atoms with Crippen molar-refractivity contribution in [3.8, 4) is 0 Å². The van der Waals surface area contributed by atoms with Crippen molar-refractivity contribution in [3.63, 3.8) is 0 Å². The Labute approximate surface area is 576 Å². The topological polar surface area (TPSA) is 573 Å². The van der Waals surface area contributed by atoms with E-state index in [9.17, 15) is 48.6 Å². The van der Waals surface area contributed by atoms with Gasteiger partial charge < -0.3 is 113 Å². The molecule has 33 nitrogen and oxygen atoms in total. The van der Waals surface area contributed by atoms with Crippen LogP contribution in [0.4, 0.5) is 0 Å². The Balaban J connectivity index is 1.17. The minimum Gasteiger partial charge on any atom is -0.480 e. The Kier molecular flexibility index (Phi) is 29.3. The van der Waals surface area contributed by atoms with Crippen LogP contribution in [0, 0.1) is 0 Å². The van der Waals surface area contributed by atoms with Gasteiger partial charge in [0, 0.05) is 102 Å². The Morgan fingerprint density at radius 2 is 0.810 bits per heavy atom. The molecule has 3 aromatic carbocycles. The summed E-state index contributed by atoms with van der Waals surface area (Å²) in [4.78, 5) is 154. The zero-order valence-electron chi connectivity index (χ0n) is 55.8. The molecule has 4 aromatic heterocycles. The van der Waals surface area contributed by atoms with Crippen LogP contribution in [0.2, 0.25) is 0 Å². The van der Waals surface area contributed by atoms with Crippen molar-refractivity contribution in [3.05, 3.63) is 126 Å². The number of unbranched alkanes of at least 4 members (excludes halogenated alkanes) is 2. The number of nitrogens with two attached hydrogens (primary N) is 7. The largest absolute Gasteiger partial charge is 0.480 e. The lowest BCUT2D eigenvalue weighted by molar-refractivity contribution is -0.142. The number of nitrogens with zero attached hydrogens (tertiary/aromatic N) is 3. The van der Waals surface area contributed by atoms with E-state index in [1.165, 1.54) is 19.4 Å². The molecule has 0 spiro atoms. The quantitative estimate of drug-likeness (QED) is 0.0114. The number of aromatic amines is 4. The van der Waals surface area contributed by atoms with Gasteiger partial charge in [0.15, 0.2) is 11.9 Å². The van der Waals surface area contributed by atoms with Gasteiger partial charge in [-0.15, -0.1) is 0 Å². The molecule has 28 N–H and O–H groups in total. The van der Waals surface area contributed by atoms with E-state index < -0.39 is 114 Å². The van der Waals surface area contributed by atoms with Crippen LogP contribution in [0.25, 0.3) is 32.7 Å². The second kappa shape index (κ2) is 38.3. The van der Waals surface area contributed by atoms with Crippen LogP contribution in [-0.4, -0.2) is 187 Å². The van der Waals surface area contributed by atoms with Crippen LogP contribution >= 0.6 is 0 Å². The zero-order valence-corrected chi connectivity index (χ0v) is 55.8. The summed E-state index contributed by atoms with van der Waals surface area (Å²) in [6, 6.07) is 8.77. The molecule has 4 heterocycles. The van der Waals surface area contributed by atoms with E-state index in [0.717, 1.165) is 10.9 Å². The average Bonchev–Trinajstić information content (AvgIpc) is 1.65.